The third kappa shape index (κ3) is 4.23. The van der Waals surface area contributed by atoms with Crippen molar-refractivity contribution in [3.8, 4) is 12.3 Å². The van der Waals surface area contributed by atoms with Crippen molar-refractivity contribution in [3.63, 3.8) is 0 Å². The highest BCUT2D eigenvalue weighted by Crippen LogP contribution is 2.59. The summed E-state index contributed by atoms with van der Waals surface area (Å²) < 4.78 is 0. The molecular weight excluding hydrogens is 204 g/mol. The maximum atomic E-state index is 5.23. The monoisotopic (exact) mass is 232 g/mol. The van der Waals surface area contributed by atoms with Gasteiger partial charge in [-0.2, -0.15) is 0 Å². The molecule has 0 heterocycles. The molecule has 0 saturated heterocycles. The summed E-state index contributed by atoms with van der Waals surface area (Å²) in [6.07, 6.45) is 18.7. The van der Waals surface area contributed by atoms with Crippen LogP contribution in [0.4, 0.5) is 0 Å². The molecule has 0 aliphatic heterocycles. The lowest BCUT2D eigenvalue weighted by Gasteiger charge is -2.19. The van der Waals surface area contributed by atoms with E-state index in [4.69, 9.17) is 6.42 Å². The first-order valence-corrected chi connectivity index (χ1v) is 7.25. The van der Waals surface area contributed by atoms with Crippen LogP contribution in [-0.2, 0) is 0 Å². The first-order chi connectivity index (χ1) is 8.15. The lowest BCUT2D eigenvalue weighted by molar-refractivity contribution is 0.323. The number of terminal acetylenes is 1. The number of rotatable bonds is 8. The minimum absolute atomic E-state index is 0.603. The second-order valence-corrected chi connectivity index (χ2v) is 5.88. The zero-order chi connectivity index (χ0) is 12.7. The van der Waals surface area contributed by atoms with Gasteiger partial charge in [-0.25, -0.2) is 0 Å². The molecule has 0 nitrogen and oxygen atoms in total. The summed E-state index contributed by atoms with van der Waals surface area (Å²) in [6, 6.07) is 0. The Kier molecular flexibility index (Phi) is 5.83. The number of unbranched alkanes of at least 4 members (excludes halogenated alkanes) is 3. The third-order valence-electron chi connectivity index (χ3n) is 4.50. The van der Waals surface area contributed by atoms with Gasteiger partial charge in [0.1, 0.15) is 0 Å². The van der Waals surface area contributed by atoms with Crippen LogP contribution in [0.2, 0.25) is 0 Å². The minimum atomic E-state index is 0.603. The highest BCUT2D eigenvalue weighted by Gasteiger charge is 2.51. The second-order valence-electron chi connectivity index (χ2n) is 5.88. The molecule has 0 aromatic heterocycles. The topological polar surface area (TPSA) is 0 Å². The van der Waals surface area contributed by atoms with Crippen LogP contribution in [0.1, 0.15) is 65.7 Å². The Morgan fingerprint density at radius 3 is 2.88 bits per heavy atom. The number of allylic oxidation sites excluding steroid dienone is 2. The van der Waals surface area contributed by atoms with Gasteiger partial charge in [0.2, 0.25) is 0 Å². The predicted octanol–water partition coefficient (Wildman–Crippen LogP) is 5.20. The fraction of sp³-hybridized carbons (Fsp3) is 0.765. The van der Waals surface area contributed by atoms with Crippen molar-refractivity contribution in [3.05, 3.63) is 12.2 Å². The van der Waals surface area contributed by atoms with Crippen LogP contribution in [0, 0.1) is 29.6 Å². The Balaban J connectivity index is 2.18. The van der Waals surface area contributed by atoms with Crippen molar-refractivity contribution < 1.29 is 0 Å². The van der Waals surface area contributed by atoms with E-state index in [9.17, 15) is 0 Å². The zero-order valence-corrected chi connectivity index (χ0v) is 11.8. The maximum Gasteiger partial charge on any atom is 0.00861 e. The average molecular weight is 232 g/mol. The van der Waals surface area contributed by atoms with Crippen molar-refractivity contribution in [2.75, 3.05) is 0 Å². The molecular formula is C17H28. The molecule has 96 valence electrons. The molecule has 3 atom stereocenters. The number of hydrogen-bond donors (Lipinski definition) is 0. The standard InChI is InChI=1S/C17H28/c1-5-7-8-9-10-11-13-16-14-17(16,4)15(3)12-6-2/h1,11,13,15-16H,6-10,12,14H2,2-4H3. The summed E-state index contributed by atoms with van der Waals surface area (Å²) in [5.41, 5.74) is 0.603. The lowest BCUT2D eigenvalue weighted by Crippen LogP contribution is -2.10. The van der Waals surface area contributed by atoms with Gasteiger partial charge in [-0.3, -0.25) is 0 Å². The van der Waals surface area contributed by atoms with Gasteiger partial charge in [-0.15, -0.1) is 12.3 Å². The van der Waals surface area contributed by atoms with Gasteiger partial charge in [-0.05, 0) is 42.9 Å². The Labute approximate surface area is 108 Å². The first-order valence-electron chi connectivity index (χ1n) is 7.25. The normalized spacial score (nSPS) is 29.2. The molecule has 0 amide bonds. The largest absolute Gasteiger partial charge is 0.120 e. The summed E-state index contributed by atoms with van der Waals surface area (Å²) in [5.74, 6) is 4.42. The molecule has 1 saturated carbocycles. The molecule has 0 aromatic rings. The Morgan fingerprint density at radius 2 is 2.24 bits per heavy atom. The molecule has 0 radical (unpaired) electrons. The Hall–Kier alpha value is -0.700. The average Bonchev–Trinajstić information content (AvgIpc) is 2.97. The van der Waals surface area contributed by atoms with Crippen molar-refractivity contribution in [2.45, 2.75) is 65.7 Å². The van der Waals surface area contributed by atoms with Crippen LogP contribution >= 0.6 is 0 Å². The van der Waals surface area contributed by atoms with Crippen LogP contribution in [-0.4, -0.2) is 0 Å². The Morgan fingerprint density at radius 1 is 1.47 bits per heavy atom. The highest BCUT2D eigenvalue weighted by atomic mass is 14.5. The van der Waals surface area contributed by atoms with E-state index in [-0.39, 0.29) is 0 Å². The molecule has 0 bridgehead atoms. The lowest BCUT2D eigenvalue weighted by atomic mass is 9.86. The van der Waals surface area contributed by atoms with Gasteiger partial charge in [0.25, 0.3) is 0 Å². The van der Waals surface area contributed by atoms with Crippen molar-refractivity contribution in [1.29, 1.82) is 0 Å². The molecule has 1 aliphatic carbocycles. The molecule has 17 heavy (non-hydrogen) atoms. The van der Waals surface area contributed by atoms with E-state index in [1.165, 1.54) is 38.5 Å². The molecule has 3 unspecified atom stereocenters. The van der Waals surface area contributed by atoms with E-state index in [0.29, 0.717) is 5.41 Å². The van der Waals surface area contributed by atoms with Crippen LogP contribution < -0.4 is 0 Å². The fourth-order valence-electron chi connectivity index (χ4n) is 2.78. The van der Waals surface area contributed by atoms with Crippen LogP contribution in [0.15, 0.2) is 12.2 Å². The van der Waals surface area contributed by atoms with Crippen molar-refractivity contribution in [2.24, 2.45) is 17.3 Å². The number of hydrogen-bond acceptors (Lipinski definition) is 0. The van der Waals surface area contributed by atoms with E-state index in [1.54, 1.807) is 0 Å². The summed E-state index contributed by atoms with van der Waals surface area (Å²) in [7, 11) is 0. The maximum absolute atomic E-state index is 5.23. The predicted molar refractivity (Wildman–Crippen MR) is 76.7 cm³/mol. The quantitative estimate of drug-likeness (QED) is 0.306. The van der Waals surface area contributed by atoms with E-state index in [2.05, 4.69) is 38.8 Å². The van der Waals surface area contributed by atoms with Crippen molar-refractivity contribution >= 4 is 0 Å². The van der Waals surface area contributed by atoms with Gasteiger partial charge >= 0.3 is 0 Å². The first kappa shape index (κ1) is 14.4. The molecule has 0 heteroatoms. The smallest absolute Gasteiger partial charge is 0.00861 e. The van der Waals surface area contributed by atoms with Gasteiger partial charge in [0.15, 0.2) is 0 Å². The van der Waals surface area contributed by atoms with E-state index in [0.717, 1.165) is 18.3 Å². The minimum Gasteiger partial charge on any atom is -0.120 e. The third-order valence-corrected chi connectivity index (χ3v) is 4.50. The van der Waals surface area contributed by atoms with E-state index >= 15 is 0 Å². The van der Waals surface area contributed by atoms with E-state index in [1.807, 2.05) is 0 Å². The summed E-state index contributed by atoms with van der Waals surface area (Å²) >= 11 is 0. The molecule has 0 aromatic carbocycles. The molecule has 0 spiro atoms. The van der Waals surface area contributed by atoms with Crippen molar-refractivity contribution in [1.82, 2.24) is 0 Å². The molecule has 1 rings (SSSR count). The SMILES string of the molecule is C#CCCCCC=CC1CC1(C)C(C)CCC. The van der Waals surface area contributed by atoms with Crippen LogP contribution in [0.5, 0.6) is 0 Å². The summed E-state index contributed by atoms with van der Waals surface area (Å²) in [5, 5.41) is 0. The van der Waals surface area contributed by atoms with Crippen LogP contribution in [0.25, 0.3) is 0 Å². The fourth-order valence-corrected chi connectivity index (χ4v) is 2.78. The Bertz CT molecular complexity index is 281. The summed E-state index contributed by atoms with van der Waals surface area (Å²) in [4.78, 5) is 0. The van der Waals surface area contributed by atoms with Gasteiger partial charge in [0, 0.05) is 6.42 Å². The molecule has 0 N–H and O–H groups in total. The molecule has 1 aliphatic rings. The van der Waals surface area contributed by atoms with Gasteiger partial charge in [-0.1, -0.05) is 45.8 Å². The zero-order valence-electron chi connectivity index (χ0n) is 11.8. The summed E-state index contributed by atoms with van der Waals surface area (Å²) in [6.45, 7) is 7.17. The highest BCUT2D eigenvalue weighted by molar-refractivity contribution is 5.11. The van der Waals surface area contributed by atoms with Crippen LogP contribution in [0.3, 0.4) is 0 Å². The molecule has 1 fully saturated rings. The van der Waals surface area contributed by atoms with E-state index < -0.39 is 0 Å². The second kappa shape index (κ2) is 6.90. The van der Waals surface area contributed by atoms with Gasteiger partial charge in [0.05, 0.1) is 0 Å². The van der Waals surface area contributed by atoms with Gasteiger partial charge < -0.3 is 0 Å².